The van der Waals surface area contributed by atoms with Crippen molar-refractivity contribution < 1.29 is 14.4 Å². The summed E-state index contributed by atoms with van der Waals surface area (Å²) in [4.78, 5) is 47.1. The minimum atomic E-state index is -0.474. The highest BCUT2D eigenvalue weighted by Gasteiger charge is 2.33. The summed E-state index contributed by atoms with van der Waals surface area (Å²) in [5, 5.41) is 5.95. The van der Waals surface area contributed by atoms with Crippen LogP contribution in [-0.2, 0) is 16.1 Å². The van der Waals surface area contributed by atoms with E-state index in [0.29, 0.717) is 17.8 Å². The molecule has 1 aromatic heterocycles. The second kappa shape index (κ2) is 10.4. The van der Waals surface area contributed by atoms with E-state index in [1.54, 1.807) is 36.8 Å². The number of rotatable bonds is 8. The Hall–Kier alpha value is -3.14. The first-order valence-electron chi connectivity index (χ1n) is 10.8. The fourth-order valence-electron chi connectivity index (χ4n) is 3.62. The summed E-state index contributed by atoms with van der Waals surface area (Å²) >= 11 is 1.38. The number of amides is 3. The van der Waals surface area contributed by atoms with E-state index < -0.39 is 5.25 Å². The Bertz CT molecular complexity index is 984. The van der Waals surface area contributed by atoms with Gasteiger partial charge in [0, 0.05) is 56.2 Å². The van der Waals surface area contributed by atoms with Crippen molar-refractivity contribution in [2.45, 2.75) is 37.5 Å². The SMILES string of the molecule is O=C(CC1SC(N2CCCC2)=NC1=O)Nc1ccc(C(=O)NCCCn2ccnc2)cc1. The molecule has 10 heteroatoms. The molecule has 2 N–H and O–H groups in total. The molecule has 1 fully saturated rings. The van der Waals surface area contributed by atoms with Crippen LogP contribution in [0.25, 0.3) is 0 Å². The predicted molar refractivity (Wildman–Crippen MR) is 123 cm³/mol. The molecule has 168 valence electrons. The van der Waals surface area contributed by atoms with E-state index in [1.807, 2.05) is 10.8 Å². The fourth-order valence-corrected chi connectivity index (χ4v) is 4.74. The molecule has 0 saturated carbocycles. The zero-order valence-corrected chi connectivity index (χ0v) is 18.5. The Kier molecular flexibility index (Phi) is 7.21. The van der Waals surface area contributed by atoms with Crippen LogP contribution >= 0.6 is 11.8 Å². The van der Waals surface area contributed by atoms with Crippen LogP contribution in [0.5, 0.6) is 0 Å². The van der Waals surface area contributed by atoms with Crippen molar-refractivity contribution in [1.82, 2.24) is 19.8 Å². The number of nitrogens with zero attached hydrogens (tertiary/aromatic N) is 4. The van der Waals surface area contributed by atoms with Gasteiger partial charge in [0.15, 0.2) is 5.17 Å². The Morgan fingerprint density at radius 1 is 1.16 bits per heavy atom. The maximum absolute atomic E-state index is 12.4. The number of benzene rings is 1. The summed E-state index contributed by atoms with van der Waals surface area (Å²) in [5.41, 5.74) is 1.11. The highest BCUT2D eigenvalue weighted by molar-refractivity contribution is 8.15. The van der Waals surface area contributed by atoms with Gasteiger partial charge >= 0.3 is 0 Å². The van der Waals surface area contributed by atoms with E-state index in [1.165, 1.54) is 11.8 Å². The highest BCUT2D eigenvalue weighted by atomic mass is 32.2. The lowest BCUT2D eigenvalue weighted by Gasteiger charge is -2.16. The molecule has 0 radical (unpaired) electrons. The molecule has 3 amide bonds. The summed E-state index contributed by atoms with van der Waals surface area (Å²) in [6.45, 7) is 3.19. The molecule has 3 heterocycles. The monoisotopic (exact) mass is 454 g/mol. The van der Waals surface area contributed by atoms with Crippen molar-refractivity contribution in [1.29, 1.82) is 0 Å². The van der Waals surface area contributed by atoms with Crippen LogP contribution in [0.4, 0.5) is 5.69 Å². The van der Waals surface area contributed by atoms with Crippen molar-refractivity contribution in [3.8, 4) is 0 Å². The van der Waals surface area contributed by atoms with Crippen LogP contribution in [0.2, 0.25) is 0 Å². The van der Waals surface area contributed by atoms with Gasteiger partial charge in [-0.15, -0.1) is 0 Å². The summed E-state index contributed by atoms with van der Waals surface area (Å²) in [7, 11) is 0. The van der Waals surface area contributed by atoms with Gasteiger partial charge in [-0.05, 0) is 43.5 Å². The van der Waals surface area contributed by atoms with Gasteiger partial charge in [-0.1, -0.05) is 11.8 Å². The fraction of sp³-hybridized carbons (Fsp3) is 0.409. The topological polar surface area (TPSA) is 109 Å². The largest absolute Gasteiger partial charge is 0.352 e. The first kappa shape index (κ1) is 22.1. The second-order valence-electron chi connectivity index (χ2n) is 7.77. The maximum atomic E-state index is 12.4. The molecule has 9 nitrogen and oxygen atoms in total. The van der Waals surface area contributed by atoms with Crippen molar-refractivity contribution in [2.24, 2.45) is 4.99 Å². The number of amidine groups is 1. The van der Waals surface area contributed by atoms with E-state index in [9.17, 15) is 14.4 Å². The average molecular weight is 455 g/mol. The smallest absolute Gasteiger partial charge is 0.262 e. The number of aromatic nitrogens is 2. The number of carbonyl (C=O) groups excluding carboxylic acids is 3. The zero-order chi connectivity index (χ0) is 22.3. The van der Waals surface area contributed by atoms with Crippen LogP contribution in [0.15, 0.2) is 48.0 Å². The first-order valence-corrected chi connectivity index (χ1v) is 11.6. The molecule has 0 bridgehead atoms. The van der Waals surface area contributed by atoms with Crippen LogP contribution in [-0.4, -0.2) is 62.2 Å². The van der Waals surface area contributed by atoms with Gasteiger partial charge in [0.2, 0.25) is 5.91 Å². The normalized spacial score (nSPS) is 18.0. The van der Waals surface area contributed by atoms with Gasteiger partial charge < -0.3 is 20.1 Å². The minimum absolute atomic E-state index is 0.0729. The third-order valence-corrected chi connectivity index (χ3v) is 6.56. The van der Waals surface area contributed by atoms with Gasteiger partial charge in [-0.3, -0.25) is 14.4 Å². The predicted octanol–water partition coefficient (Wildman–Crippen LogP) is 2.13. The number of likely N-dealkylation sites (tertiary alicyclic amines) is 1. The van der Waals surface area contributed by atoms with E-state index in [0.717, 1.165) is 44.1 Å². The lowest BCUT2D eigenvalue weighted by atomic mass is 10.2. The van der Waals surface area contributed by atoms with Gasteiger partial charge in [0.05, 0.1) is 6.33 Å². The summed E-state index contributed by atoms with van der Waals surface area (Å²) in [6.07, 6.45) is 8.45. The van der Waals surface area contributed by atoms with Crippen molar-refractivity contribution in [2.75, 3.05) is 25.0 Å². The Morgan fingerprint density at radius 3 is 2.66 bits per heavy atom. The number of aryl methyl sites for hydroxylation is 1. The minimum Gasteiger partial charge on any atom is -0.352 e. The van der Waals surface area contributed by atoms with Crippen LogP contribution < -0.4 is 10.6 Å². The second-order valence-corrected chi connectivity index (χ2v) is 8.94. The third kappa shape index (κ3) is 5.76. The van der Waals surface area contributed by atoms with Crippen LogP contribution in [0, 0.1) is 0 Å². The van der Waals surface area contributed by atoms with Crippen molar-refractivity contribution in [3.05, 3.63) is 48.5 Å². The molecule has 0 aliphatic carbocycles. The summed E-state index contributed by atoms with van der Waals surface area (Å²) < 4.78 is 1.96. The Morgan fingerprint density at radius 2 is 1.94 bits per heavy atom. The quantitative estimate of drug-likeness (QED) is 0.592. The molecule has 1 saturated heterocycles. The molecule has 2 aromatic rings. The molecule has 4 rings (SSSR count). The number of aliphatic imine (C=N–C) groups is 1. The molecular weight excluding hydrogens is 428 g/mol. The molecular formula is C22H26N6O3S. The summed E-state index contributed by atoms with van der Waals surface area (Å²) in [5.74, 6) is -0.648. The molecule has 2 aliphatic heterocycles. The van der Waals surface area contributed by atoms with Gasteiger partial charge in [-0.25, -0.2) is 4.98 Å². The number of imidazole rings is 1. The van der Waals surface area contributed by atoms with Crippen LogP contribution in [0.1, 0.15) is 36.0 Å². The van der Waals surface area contributed by atoms with Gasteiger partial charge in [0.1, 0.15) is 5.25 Å². The molecule has 1 atom stereocenters. The number of hydrogen-bond acceptors (Lipinski definition) is 6. The lowest BCUT2D eigenvalue weighted by Crippen LogP contribution is -2.25. The van der Waals surface area contributed by atoms with Gasteiger partial charge in [0.25, 0.3) is 11.8 Å². The Balaban J connectivity index is 1.19. The highest BCUT2D eigenvalue weighted by Crippen LogP contribution is 2.29. The number of carbonyl (C=O) groups is 3. The molecule has 2 aliphatic rings. The number of anilines is 1. The van der Waals surface area contributed by atoms with E-state index in [4.69, 9.17) is 0 Å². The molecule has 32 heavy (non-hydrogen) atoms. The van der Waals surface area contributed by atoms with Crippen molar-refractivity contribution >= 4 is 40.3 Å². The number of thioether (sulfide) groups is 1. The average Bonchev–Trinajstić information content (AvgIpc) is 3.55. The molecule has 0 spiro atoms. The maximum Gasteiger partial charge on any atom is 0.262 e. The number of hydrogen-bond donors (Lipinski definition) is 2. The lowest BCUT2D eigenvalue weighted by molar-refractivity contribution is -0.121. The molecule has 1 unspecified atom stereocenters. The standard InChI is InChI=1S/C22H26N6O3S/c29-19(14-18-21(31)26-22(32-18)28-11-1-2-12-28)25-17-6-4-16(5-7-17)20(30)24-8-3-10-27-13-9-23-15-27/h4-7,9,13,15,18H,1-3,8,10-12,14H2,(H,24,30)(H,25,29). The van der Waals surface area contributed by atoms with Crippen molar-refractivity contribution in [3.63, 3.8) is 0 Å². The third-order valence-electron chi connectivity index (χ3n) is 5.35. The summed E-state index contributed by atoms with van der Waals surface area (Å²) in [6, 6.07) is 6.72. The van der Waals surface area contributed by atoms with E-state index >= 15 is 0 Å². The van der Waals surface area contributed by atoms with Gasteiger partial charge in [-0.2, -0.15) is 4.99 Å². The Labute approximate surface area is 190 Å². The first-order chi connectivity index (χ1) is 15.6. The van der Waals surface area contributed by atoms with E-state index in [2.05, 4.69) is 25.5 Å². The zero-order valence-electron chi connectivity index (χ0n) is 17.7. The van der Waals surface area contributed by atoms with E-state index in [-0.39, 0.29) is 24.1 Å². The molecule has 1 aromatic carbocycles. The van der Waals surface area contributed by atoms with Crippen LogP contribution in [0.3, 0.4) is 0 Å². The number of nitrogens with one attached hydrogen (secondary N) is 2.